The molecule has 0 N–H and O–H groups in total. The molecule has 0 amide bonds. The molecule has 368 valence electrons. The monoisotopic (exact) mass is 885 g/mol. The molecule has 63 heavy (non-hydrogen) atoms. The van der Waals surface area contributed by atoms with Gasteiger partial charge in [-0.05, 0) is 70.6 Å². The van der Waals surface area contributed by atoms with Gasteiger partial charge in [0.05, 0.1) is 0 Å². The maximum atomic E-state index is 12.8. The zero-order valence-electron chi connectivity index (χ0n) is 42.1. The van der Waals surface area contributed by atoms with E-state index >= 15 is 0 Å². The molecule has 0 saturated carbocycles. The molecule has 6 nitrogen and oxygen atoms in total. The summed E-state index contributed by atoms with van der Waals surface area (Å²) in [4.78, 5) is 38.0. The number of carbonyl (C=O) groups is 3. The Labute approximate surface area is 391 Å². The first-order valence-corrected chi connectivity index (χ1v) is 27.5. The Hall–Kier alpha value is -2.37. The largest absolute Gasteiger partial charge is 0.462 e. The zero-order chi connectivity index (χ0) is 45.8. The van der Waals surface area contributed by atoms with Crippen molar-refractivity contribution in [3.05, 3.63) is 36.5 Å². The molecule has 0 aromatic rings. The van der Waals surface area contributed by atoms with Gasteiger partial charge in [0.15, 0.2) is 6.10 Å². The van der Waals surface area contributed by atoms with E-state index in [1.165, 1.54) is 161 Å². The van der Waals surface area contributed by atoms with Gasteiger partial charge in [-0.2, -0.15) is 0 Å². The van der Waals surface area contributed by atoms with Crippen molar-refractivity contribution in [2.24, 2.45) is 0 Å². The quantitative estimate of drug-likeness (QED) is 0.0262. The lowest BCUT2D eigenvalue weighted by atomic mass is 10.0. The van der Waals surface area contributed by atoms with Crippen LogP contribution in [0.4, 0.5) is 0 Å². The van der Waals surface area contributed by atoms with Crippen LogP contribution >= 0.6 is 0 Å². The number of hydrogen-bond acceptors (Lipinski definition) is 6. The van der Waals surface area contributed by atoms with E-state index in [2.05, 4.69) is 57.2 Å². The van der Waals surface area contributed by atoms with Crippen LogP contribution in [0.2, 0.25) is 0 Å². The molecule has 0 aliphatic heterocycles. The highest BCUT2D eigenvalue weighted by atomic mass is 16.6. The fourth-order valence-electron chi connectivity index (χ4n) is 7.93. The summed E-state index contributed by atoms with van der Waals surface area (Å²) in [6.45, 7) is 6.60. The Balaban J connectivity index is 4.33. The summed E-state index contributed by atoms with van der Waals surface area (Å²) in [5.74, 6) is -0.888. The number of carbonyl (C=O) groups excluding carboxylic acids is 3. The maximum Gasteiger partial charge on any atom is 0.306 e. The highest BCUT2D eigenvalue weighted by Gasteiger charge is 2.19. The Morgan fingerprint density at radius 3 is 0.952 bits per heavy atom. The van der Waals surface area contributed by atoms with Crippen molar-refractivity contribution in [3.63, 3.8) is 0 Å². The first-order chi connectivity index (χ1) is 31.0. The van der Waals surface area contributed by atoms with E-state index < -0.39 is 6.10 Å². The van der Waals surface area contributed by atoms with Gasteiger partial charge in [-0.15, -0.1) is 0 Å². The van der Waals surface area contributed by atoms with Crippen molar-refractivity contribution in [2.45, 2.75) is 297 Å². The van der Waals surface area contributed by atoms with Crippen LogP contribution in [0, 0.1) is 0 Å². The second-order valence-corrected chi connectivity index (χ2v) is 18.5. The van der Waals surface area contributed by atoms with Gasteiger partial charge in [0.2, 0.25) is 0 Å². The summed E-state index contributed by atoms with van der Waals surface area (Å²) in [7, 11) is 0. The van der Waals surface area contributed by atoms with Gasteiger partial charge in [0, 0.05) is 19.3 Å². The molecule has 0 aliphatic carbocycles. The Bertz CT molecular complexity index is 1060. The van der Waals surface area contributed by atoms with Crippen LogP contribution < -0.4 is 0 Å². The molecule has 0 radical (unpaired) electrons. The Kier molecular flexibility index (Phi) is 50.3. The molecule has 0 aromatic heterocycles. The van der Waals surface area contributed by atoms with Crippen molar-refractivity contribution < 1.29 is 28.6 Å². The predicted molar refractivity (Wildman–Crippen MR) is 270 cm³/mol. The van der Waals surface area contributed by atoms with Crippen LogP contribution in [0.1, 0.15) is 290 Å². The van der Waals surface area contributed by atoms with Crippen molar-refractivity contribution >= 4 is 17.9 Å². The van der Waals surface area contributed by atoms with Crippen molar-refractivity contribution in [2.75, 3.05) is 13.2 Å². The van der Waals surface area contributed by atoms with Crippen molar-refractivity contribution in [1.82, 2.24) is 0 Å². The number of hydrogen-bond donors (Lipinski definition) is 0. The molecular formula is C57H104O6. The normalized spacial score (nSPS) is 12.2. The average Bonchev–Trinajstić information content (AvgIpc) is 3.28. The van der Waals surface area contributed by atoms with Crippen LogP contribution in [-0.4, -0.2) is 37.2 Å². The van der Waals surface area contributed by atoms with Crippen LogP contribution in [0.5, 0.6) is 0 Å². The lowest BCUT2D eigenvalue weighted by Crippen LogP contribution is -2.30. The van der Waals surface area contributed by atoms with Gasteiger partial charge >= 0.3 is 17.9 Å². The van der Waals surface area contributed by atoms with Gasteiger partial charge in [0.25, 0.3) is 0 Å². The summed E-state index contributed by atoms with van der Waals surface area (Å²) in [6, 6.07) is 0. The fourth-order valence-corrected chi connectivity index (χ4v) is 7.93. The zero-order valence-corrected chi connectivity index (χ0v) is 42.1. The molecule has 0 fully saturated rings. The summed E-state index contributed by atoms with van der Waals surface area (Å²) in [5.41, 5.74) is 0. The highest BCUT2D eigenvalue weighted by Crippen LogP contribution is 2.16. The Morgan fingerprint density at radius 2 is 0.587 bits per heavy atom. The molecule has 0 aliphatic rings. The number of unbranched alkanes of at least 4 members (excludes halogenated alkanes) is 33. The van der Waals surface area contributed by atoms with E-state index in [9.17, 15) is 14.4 Å². The van der Waals surface area contributed by atoms with E-state index in [-0.39, 0.29) is 31.1 Å². The van der Waals surface area contributed by atoms with E-state index in [0.717, 1.165) is 89.9 Å². The molecule has 0 saturated heterocycles. The average molecular weight is 885 g/mol. The number of rotatable bonds is 50. The molecule has 6 heteroatoms. The minimum atomic E-state index is -0.779. The van der Waals surface area contributed by atoms with Gasteiger partial charge in [0.1, 0.15) is 13.2 Å². The number of esters is 3. The van der Waals surface area contributed by atoms with Crippen LogP contribution in [0.15, 0.2) is 36.5 Å². The minimum absolute atomic E-state index is 0.0773. The van der Waals surface area contributed by atoms with Gasteiger partial charge < -0.3 is 14.2 Å². The predicted octanol–water partition coefficient (Wildman–Crippen LogP) is 18.1. The smallest absolute Gasteiger partial charge is 0.306 e. The minimum Gasteiger partial charge on any atom is -0.462 e. The molecule has 0 bridgehead atoms. The second-order valence-electron chi connectivity index (χ2n) is 18.5. The molecule has 0 spiro atoms. The van der Waals surface area contributed by atoms with Gasteiger partial charge in [-0.1, -0.05) is 237 Å². The molecule has 1 atom stereocenters. The standard InChI is InChI=1S/C57H104O6/c1-4-7-10-13-16-19-22-24-26-28-29-31-32-35-38-41-44-47-50-56(59)62-53-54(52-61-55(58)49-46-43-40-37-34-21-18-15-12-9-6-3)63-57(60)51-48-45-42-39-36-33-30-27-25-23-20-17-14-11-8-5-2/h15,18,20,23,27,30,54H,4-14,16-17,19,21-22,24-26,28-29,31-53H2,1-3H3/b18-15-,23-20-,30-27-. The summed E-state index contributed by atoms with van der Waals surface area (Å²) in [6.07, 6.45) is 61.3. The molecule has 0 rings (SSSR count). The van der Waals surface area contributed by atoms with Crippen molar-refractivity contribution in [1.29, 1.82) is 0 Å². The lowest BCUT2D eigenvalue weighted by Gasteiger charge is -2.18. The maximum absolute atomic E-state index is 12.8. The third kappa shape index (κ3) is 50.5. The summed E-state index contributed by atoms with van der Waals surface area (Å²) < 4.78 is 16.8. The van der Waals surface area contributed by atoms with Crippen LogP contribution in [0.3, 0.4) is 0 Å². The van der Waals surface area contributed by atoms with E-state index in [0.29, 0.717) is 19.3 Å². The van der Waals surface area contributed by atoms with Crippen LogP contribution in [-0.2, 0) is 28.6 Å². The van der Waals surface area contributed by atoms with Gasteiger partial charge in [-0.3, -0.25) is 14.4 Å². The van der Waals surface area contributed by atoms with Crippen molar-refractivity contribution in [3.8, 4) is 0 Å². The molecular weight excluding hydrogens is 781 g/mol. The van der Waals surface area contributed by atoms with E-state index in [1.807, 2.05) is 0 Å². The number of allylic oxidation sites excluding steroid dienone is 6. The first-order valence-electron chi connectivity index (χ1n) is 27.5. The van der Waals surface area contributed by atoms with Gasteiger partial charge in [-0.25, -0.2) is 0 Å². The van der Waals surface area contributed by atoms with E-state index in [1.54, 1.807) is 0 Å². The first kappa shape index (κ1) is 60.6. The third-order valence-electron chi connectivity index (χ3n) is 12.1. The SMILES string of the molecule is CCCC/C=C\CCCCCCCC(=O)OCC(COC(=O)CCCCCCCCCCCCCCCCCCCC)OC(=O)CCCCCCC/C=C\C/C=C\CCCCCC. The summed E-state index contributed by atoms with van der Waals surface area (Å²) in [5, 5.41) is 0. The van der Waals surface area contributed by atoms with E-state index in [4.69, 9.17) is 14.2 Å². The molecule has 0 heterocycles. The third-order valence-corrected chi connectivity index (χ3v) is 12.1. The fraction of sp³-hybridized carbons (Fsp3) is 0.842. The topological polar surface area (TPSA) is 78.9 Å². The second kappa shape index (κ2) is 52.3. The Morgan fingerprint density at radius 1 is 0.317 bits per heavy atom. The van der Waals surface area contributed by atoms with Crippen LogP contribution in [0.25, 0.3) is 0 Å². The lowest BCUT2D eigenvalue weighted by molar-refractivity contribution is -0.167. The number of ether oxygens (including phenoxy) is 3. The summed E-state index contributed by atoms with van der Waals surface area (Å²) >= 11 is 0. The molecule has 1 unspecified atom stereocenters. The highest BCUT2D eigenvalue weighted by molar-refractivity contribution is 5.71. The molecule has 0 aromatic carbocycles.